The molecule has 1 unspecified atom stereocenters. The van der Waals surface area contributed by atoms with E-state index in [1.54, 1.807) is 6.07 Å². The largest absolute Gasteiger partial charge is 0.323 e. The fraction of sp³-hybridized carbons (Fsp3) is 0.273. The maximum atomic E-state index is 13.0. The number of aromatic nitrogens is 2. The molecule has 0 saturated heterocycles. The smallest absolute Gasteiger partial charge is 0.123 e. The van der Waals surface area contributed by atoms with Crippen LogP contribution >= 0.6 is 11.5 Å². The molecule has 0 radical (unpaired) electrons. The highest BCUT2D eigenvalue weighted by molar-refractivity contribution is 7.05. The summed E-state index contributed by atoms with van der Waals surface area (Å²) >= 11 is 1.30. The molecule has 0 saturated carbocycles. The Morgan fingerprint density at radius 1 is 1.50 bits per heavy atom. The molecule has 16 heavy (non-hydrogen) atoms. The average molecular weight is 237 g/mol. The van der Waals surface area contributed by atoms with E-state index in [1.807, 2.05) is 13.0 Å². The van der Waals surface area contributed by atoms with Gasteiger partial charge in [0.05, 0.1) is 10.6 Å². The lowest BCUT2D eigenvalue weighted by Gasteiger charge is -2.09. The second kappa shape index (κ2) is 4.67. The fourth-order valence-corrected chi connectivity index (χ4v) is 2.23. The Balaban J connectivity index is 2.14. The number of halogens is 1. The zero-order valence-electron chi connectivity index (χ0n) is 8.85. The number of aryl methyl sites for hydroxylation is 1. The molecule has 0 aliphatic rings. The van der Waals surface area contributed by atoms with E-state index in [9.17, 15) is 4.39 Å². The number of nitrogens with zero attached hydrogens (tertiary/aromatic N) is 2. The van der Waals surface area contributed by atoms with Crippen LogP contribution in [0.4, 0.5) is 4.39 Å². The van der Waals surface area contributed by atoms with Crippen LogP contribution in [0.2, 0.25) is 0 Å². The Hall–Kier alpha value is -1.33. The monoisotopic (exact) mass is 237 g/mol. The Bertz CT molecular complexity index is 484. The number of hydrogen-bond donors (Lipinski definition) is 1. The lowest BCUT2D eigenvalue weighted by Crippen LogP contribution is -2.13. The summed E-state index contributed by atoms with van der Waals surface area (Å²) < 4.78 is 16.8. The first-order valence-corrected chi connectivity index (χ1v) is 5.73. The van der Waals surface area contributed by atoms with Gasteiger partial charge in [0.1, 0.15) is 5.82 Å². The van der Waals surface area contributed by atoms with Crippen LogP contribution in [-0.2, 0) is 6.42 Å². The molecule has 1 atom stereocenters. The van der Waals surface area contributed by atoms with Crippen molar-refractivity contribution in [3.63, 3.8) is 0 Å². The van der Waals surface area contributed by atoms with E-state index < -0.39 is 0 Å². The molecule has 0 aliphatic carbocycles. The minimum absolute atomic E-state index is 0.165. The van der Waals surface area contributed by atoms with Gasteiger partial charge in [0.25, 0.3) is 0 Å². The summed E-state index contributed by atoms with van der Waals surface area (Å²) in [4.78, 5) is 0.962. The molecule has 2 aromatic rings. The summed E-state index contributed by atoms with van der Waals surface area (Å²) in [6, 6.07) is 6.32. The van der Waals surface area contributed by atoms with Crippen molar-refractivity contribution >= 4 is 11.5 Å². The second-order valence-electron chi connectivity index (χ2n) is 3.66. The average Bonchev–Trinajstić information content (AvgIpc) is 2.64. The molecular formula is C11H12FN3S. The van der Waals surface area contributed by atoms with E-state index in [2.05, 4.69) is 9.59 Å². The quantitative estimate of drug-likeness (QED) is 0.890. The van der Waals surface area contributed by atoms with Gasteiger partial charge >= 0.3 is 0 Å². The van der Waals surface area contributed by atoms with Crippen molar-refractivity contribution < 1.29 is 4.39 Å². The van der Waals surface area contributed by atoms with Gasteiger partial charge in [0, 0.05) is 6.04 Å². The molecule has 84 valence electrons. The Morgan fingerprint density at radius 3 is 2.94 bits per heavy atom. The second-order valence-corrected chi connectivity index (χ2v) is 4.45. The summed E-state index contributed by atoms with van der Waals surface area (Å²) in [5.74, 6) is -0.233. The summed E-state index contributed by atoms with van der Waals surface area (Å²) in [5, 5.41) is 3.91. The van der Waals surface area contributed by atoms with Crippen LogP contribution in [-0.4, -0.2) is 9.59 Å². The molecule has 0 spiro atoms. The molecule has 0 aliphatic heterocycles. The maximum absolute atomic E-state index is 13.0. The molecule has 3 nitrogen and oxygen atoms in total. The van der Waals surface area contributed by atoms with Crippen LogP contribution in [0.5, 0.6) is 0 Å². The highest BCUT2D eigenvalue weighted by Gasteiger charge is 2.13. The predicted octanol–water partition coefficient (Wildman–Crippen LogP) is 2.23. The van der Waals surface area contributed by atoms with Gasteiger partial charge in [0.15, 0.2) is 0 Å². The van der Waals surface area contributed by atoms with Gasteiger partial charge in [-0.2, -0.15) is 0 Å². The van der Waals surface area contributed by atoms with E-state index in [0.717, 1.165) is 16.1 Å². The van der Waals surface area contributed by atoms with Crippen molar-refractivity contribution in [2.45, 2.75) is 19.4 Å². The van der Waals surface area contributed by atoms with Crippen molar-refractivity contribution in [1.29, 1.82) is 0 Å². The Morgan fingerprint density at radius 2 is 2.31 bits per heavy atom. The molecule has 1 aromatic carbocycles. The molecule has 5 heteroatoms. The number of benzene rings is 1. The fourth-order valence-electron chi connectivity index (χ4n) is 1.59. The predicted molar refractivity (Wildman–Crippen MR) is 61.7 cm³/mol. The number of nitrogens with two attached hydrogens (primary N) is 1. The van der Waals surface area contributed by atoms with Crippen molar-refractivity contribution in [3.05, 3.63) is 46.2 Å². The molecular weight excluding hydrogens is 225 g/mol. The van der Waals surface area contributed by atoms with E-state index in [0.29, 0.717) is 6.42 Å². The van der Waals surface area contributed by atoms with E-state index in [-0.39, 0.29) is 11.9 Å². The van der Waals surface area contributed by atoms with Gasteiger partial charge in [0.2, 0.25) is 0 Å². The summed E-state index contributed by atoms with van der Waals surface area (Å²) in [6.45, 7) is 1.88. The highest BCUT2D eigenvalue weighted by Crippen LogP contribution is 2.21. The third-order valence-corrected chi connectivity index (χ3v) is 3.33. The standard InChI is InChI=1S/C11H12FN3S/c1-7-11(16-15-14-7)10(13)6-8-3-2-4-9(12)5-8/h2-5,10H,6,13H2,1H3. The van der Waals surface area contributed by atoms with Crippen LogP contribution < -0.4 is 5.73 Å². The molecule has 0 fully saturated rings. The van der Waals surface area contributed by atoms with E-state index >= 15 is 0 Å². The lowest BCUT2D eigenvalue weighted by molar-refractivity contribution is 0.622. The highest BCUT2D eigenvalue weighted by atomic mass is 32.1. The van der Waals surface area contributed by atoms with Gasteiger partial charge in [-0.05, 0) is 42.6 Å². The van der Waals surface area contributed by atoms with Crippen molar-refractivity contribution in [2.75, 3.05) is 0 Å². The third kappa shape index (κ3) is 2.43. The zero-order valence-corrected chi connectivity index (χ0v) is 9.67. The first-order chi connectivity index (χ1) is 7.66. The Kier molecular flexibility index (Phi) is 3.26. The van der Waals surface area contributed by atoms with Crippen LogP contribution in [0.1, 0.15) is 22.2 Å². The van der Waals surface area contributed by atoms with Crippen molar-refractivity contribution in [2.24, 2.45) is 5.73 Å². The topological polar surface area (TPSA) is 51.8 Å². The van der Waals surface area contributed by atoms with E-state index in [4.69, 9.17) is 5.73 Å². The minimum Gasteiger partial charge on any atom is -0.323 e. The van der Waals surface area contributed by atoms with Crippen molar-refractivity contribution in [1.82, 2.24) is 9.59 Å². The SMILES string of the molecule is Cc1nnsc1C(N)Cc1cccc(F)c1. The first-order valence-electron chi connectivity index (χ1n) is 4.95. The van der Waals surface area contributed by atoms with Gasteiger partial charge in [-0.25, -0.2) is 4.39 Å². The number of rotatable bonds is 3. The van der Waals surface area contributed by atoms with Crippen LogP contribution in [0.25, 0.3) is 0 Å². The molecule has 1 heterocycles. The molecule has 0 bridgehead atoms. The Labute approximate surface area is 97.3 Å². The van der Waals surface area contributed by atoms with Crippen LogP contribution in [0, 0.1) is 12.7 Å². The van der Waals surface area contributed by atoms with Crippen LogP contribution in [0.15, 0.2) is 24.3 Å². The minimum atomic E-state index is -0.233. The maximum Gasteiger partial charge on any atom is 0.123 e. The molecule has 1 aromatic heterocycles. The van der Waals surface area contributed by atoms with Gasteiger partial charge in [-0.15, -0.1) is 5.10 Å². The first kappa shape index (κ1) is 11.2. The van der Waals surface area contributed by atoms with Crippen molar-refractivity contribution in [3.8, 4) is 0 Å². The molecule has 2 N–H and O–H groups in total. The molecule has 2 rings (SSSR count). The van der Waals surface area contributed by atoms with Gasteiger partial charge in [-0.3, -0.25) is 0 Å². The summed E-state index contributed by atoms with van der Waals surface area (Å²) in [6.07, 6.45) is 0.600. The van der Waals surface area contributed by atoms with Gasteiger partial charge < -0.3 is 5.73 Å². The third-order valence-electron chi connectivity index (χ3n) is 2.37. The zero-order chi connectivity index (χ0) is 11.5. The number of hydrogen-bond acceptors (Lipinski definition) is 4. The summed E-state index contributed by atoms with van der Waals surface area (Å²) in [7, 11) is 0. The van der Waals surface area contributed by atoms with Gasteiger partial charge in [-0.1, -0.05) is 16.6 Å². The summed E-state index contributed by atoms with van der Waals surface area (Å²) in [5.41, 5.74) is 7.77. The van der Waals surface area contributed by atoms with E-state index in [1.165, 1.54) is 23.7 Å². The van der Waals surface area contributed by atoms with Crippen LogP contribution in [0.3, 0.4) is 0 Å². The normalized spacial score (nSPS) is 12.7. The molecule has 0 amide bonds. The lowest BCUT2D eigenvalue weighted by atomic mass is 10.0.